The van der Waals surface area contributed by atoms with Crippen molar-refractivity contribution in [1.29, 1.82) is 0 Å². The quantitative estimate of drug-likeness (QED) is 0.746. The number of rotatable bonds is 2. The Morgan fingerprint density at radius 3 is 2.63 bits per heavy atom. The van der Waals surface area contributed by atoms with Gasteiger partial charge in [0.05, 0.1) is 6.04 Å². The van der Waals surface area contributed by atoms with E-state index in [1.54, 1.807) is 28.1 Å². The minimum Gasteiger partial charge on any atom is -0.456 e. The number of fused-ring (bicyclic) bond motifs is 2. The van der Waals surface area contributed by atoms with Crippen LogP contribution in [0.2, 0.25) is 0 Å². The molecule has 2 aromatic heterocycles. The van der Waals surface area contributed by atoms with Crippen LogP contribution in [-0.2, 0) is 4.74 Å². The van der Waals surface area contributed by atoms with Crippen LogP contribution in [0.15, 0.2) is 28.8 Å². The van der Waals surface area contributed by atoms with Crippen molar-refractivity contribution >= 4 is 17.8 Å². The van der Waals surface area contributed by atoms with Crippen LogP contribution in [0.3, 0.4) is 0 Å². The van der Waals surface area contributed by atoms with E-state index in [9.17, 15) is 9.59 Å². The first-order chi connectivity index (χ1) is 14.4. The van der Waals surface area contributed by atoms with E-state index in [4.69, 9.17) is 9.15 Å². The third-order valence-electron chi connectivity index (χ3n) is 6.45. The summed E-state index contributed by atoms with van der Waals surface area (Å²) in [6.07, 6.45) is 2.89. The van der Waals surface area contributed by atoms with Gasteiger partial charge in [0.15, 0.2) is 5.76 Å². The molecule has 0 radical (unpaired) electrons. The Kier molecular flexibility index (Phi) is 4.41. The van der Waals surface area contributed by atoms with Gasteiger partial charge in [-0.25, -0.2) is 14.8 Å². The fourth-order valence-corrected chi connectivity index (χ4v) is 4.81. The maximum atomic E-state index is 12.9. The lowest BCUT2D eigenvalue weighted by molar-refractivity contribution is -0.00372. The number of hydrogen-bond acceptors (Lipinski definition) is 7. The summed E-state index contributed by atoms with van der Waals surface area (Å²) in [6.45, 7) is 6.58. The van der Waals surface area contributed by atoms with Crippen molar-refractivity contribution in [2.45, 2.75) is 38.3 Å². The lowest BCUT2D eigenvalue weighted by atomic mass is 9.83. The normalized spacial score (nSPS) is 22.9. The van der Waals surface area contributed by atoms with E-state index < -0.39 is 5.60 Å². The molecule has 2 amide bonds. The number of hydrogen-bond donors (Lipinski definition) is 0. The van der Waals surface area contributed by atoms with E-state index in [1.165, 1.54) is 0 Å². The van der Waals surface area contributed by atoms with Gasteiger partial charge in [-0.1, -0.05) is 0 Å². The standard InChI is InChI=1S/C21H25N5O4/c1-14-3-4-16(29-14)19(27)25-11-12-26-17(13-25)21(30-20(26)28)6-9-24(10-7-21)18-5-8-22-15(2)23-18/h3-5,8,17H,6-7,9-13H2,1-2H3. The number of anilines is 1. The van der Waals surface area contributed by atoms with Crippen LogP contribution in [0.1, 0.15) is 35.0 Å². The largest absolute Gasteiger partial charge is 0.456 e. The van der Waals surface area contributed by atoms with Crippen molar-refractivity contribution < 1.29 is 18.7 Å². The molecule has 2 aromatic rings. The Morgan fingerprint density at radius 2 is 1.93 bits per heavy atom. The second-order valence-corrected chi connectivity index (χ2v) is 8.25. The summed E-state index contributed by atoms with van der Waals surface area (Å²) in [4.78, 5) is 39.9. The average Bonchev–Trinajstić information content (AvgIpc) is 3.29. The number of aromatic nitrogens is 2. The van der Waals surface area contributed by atoms with Gasteiger partial charge in [-0.15, -0.1) is 0 Å². The maximum Gasteiger partial charge on any atom is 0.410 e. The minimum absolute atomic E-state index is 0.133. The molecule has 9 nitrogen and oxygen atoms in total. The van der Waals surface area contributed by atoms with Crippen molar-refractivity contribution in [2.75, 3.05) is 37.6 Å². The highest BCUT2D eigenvalue weighted by Gasteiger charge is 2.57. The van der Waals surface area contributed by atoms with Crippen LogP contribution in [-0.4, -0.2) is 76.1 Å². The van der Waals surface area contributed by atoms with E-state index in [0.29, 0.717) is 44.0 Å². The Hall–Kier alpha value is -3.10. The highest BCUT2D eigenvalue weighted by Crippen LogP contribution is 2.41. The molecule has 3 aliphatic rings. The Bertz CT molecular complexity index is 981. The Labute approximate surface area is 174 Å². The third-order valence-corrected chi connectivity index (χ3v) is 6.45. The second-order valence-electron chi connectivity index (χ2n) is 8.25. The highest BCUT2D eigenvalue weighted by molar-refractivity contribution is 5.92. The van der Waals surface area contributed by atoms with Gasteiger partial charge < -0.3 is 19.0 Å². The molecule has 1 atom stereocenters. The molecule has 0 N–H and O–H groups in total. The summed E-state index contributed by atoms with van der Waals surface area (Å²) in [5.41, 5.74) is -0.576. The summed E-state index contributed by atoms with van der Waals surface area (Å²) in [6, 6.07) is 5.26. The SMILES string of the molecule is Cc1nccc(N2CCC3(CC2)OC(=O)N2CCN(C(=O)c4ccc(C)o4)CC23)n1. The van der Waals surface area contributed by atoms with E-state index in [0.717, 1.165) is 24.7 Å². The van der Waals surface area contributed by atoms with Gasteiger partial charge in [-0.3, -0.25) is 9.69 Å². The molecule has 3 fully saturated rings. The zero-order chi connectivity index (χ0) is 20.9. The molecule has 0 bridgehead atoms. The molecule has 0 aromatic carbocycles. The van der Waals surface area contributed by atoms with E-state index >= 15 is 0 Å². The number of carbonyl (C=O) groups excluding carboxylic acids is 2. The summed E-state index contributed by atoms with van der Waals surface area (Å²) in [7, 11) is 0. The molecule has 3 aliphatic heterocycles. The topological polar surface area (TPSA) is 92.0 Å². The third kappa shape index (κ3) is 3.09. The molecular formula is C21H25N5O4. The van der Waals surface area contributed by atoms with Crippen molar-refractivity contribution in [3.63, 3.8) is 0 Å². The summed E-state index contributed by atoms with van der Waals surface area (Å²) < 4.78 is 11.5. The predicted octanol–water partition coefficient (Wildman–Crippen LogP) is 2.00. The van der Waals surface area contributed by atoms with Gasteiger partial charge in [0.25, 0.3) is 5.91 Å². The Balaban J connectivity index is 1.32. The number of nitrogens with zero attached hydrogens (tertiary/aromatic N) is 5. The number of ether oxygens (including phenoxy) is 1. The molecule has 0 aliphatic carbocycles. The van der Waals surface area contributed by atoms with Gasteiger partial charge in [-0.05, 0) is 32.0 Å². The fraction of sp³-hybridized carbons (Fsp3) is 0.524. The van der Waals surface area contributed by atoms with Crippen LogP contribution >= 0.6 is 0 Å². The van der Waals surface area contributed by atoms with Crippen molar-refractivity contribution in [1.82, 2.24) is 19.8 Å². The first-order valence-corrected chi connectivity index (χ1v) is 10.4. The van der Waals surface area contributed by atoms with Crippen molar-refractivity contribution in [3.05, 3.63) is 41.7 Å². The number of piperidine rings is 1. The van der Waals surface area contributed by atoms with Crippen LogP contribution in [0, 0.1) is 13.8 Å². The van der Waals surface area contributed by atoms with Gasteiger partial charge in [0, 0.05) is 51.8 Å². The first-order valence-electron chi connectivity index (χ1n) is 10.4. The van der Waals surface area contributed by atoms with Crippen molar-refractivity contribution in [3.8, 4) is 0 Å². The molecule has 9 heteroatoms. The number of amides is 2. The lowest BCUT2D eigenvalue weighted by Crippen LogP contribution is -2.61. The average molecular weight is 411 g/mol. The smallest absolute Gasteiger partial charge is 0.410 e. The molecule has 3 saturated heterocycles. The molecule has 1 unspecified atom stereocenters. The highest BCUT2D eigenvalue weighted by atomic mass is 16.6. The molecule has 158 valence electrons. The zero-order valence-electron chi connectivity index (χ0n) is 17.2. The number of carbonyl (C=O) groups is 2. The van der Waals surface area contributed by atoms with E-state index in [2.05, 4.69) is 14.9 Å². The van der Waals surface area contributed by atoms with Gasteiger partial charge >= 0.3 is 6.09 Å². The minimum atomic E-state index is -0.576. The summed E-state index contributed by atoms with van der Waals surface area (Å²) >= 11 is 0. The summed E-state index contributed by atoms with van der Waals surface area (Å²) in [5, 5.41) is 0. The lowest BCUT2D eigenvalue weighted by Gasteiger charge is -2.45. The first kappa shape index (κ1) is 18.9. The molecular weight excluding hydrogens is 386 g/mol. The van der Waals surface area contributed by atoms with Crippen LogP contribution in [0.4, 0.5) is 10.6 Å². The van der Waals surface area contributed by atoms with Crippen LogP contribution in [0.25, 0.3) is 0 Å². The van der Waals surface area contributed by atoms with Gasteiger partial charge in [-0.2, -0.15) is 0 Å². The number of aryl methyl sites for hydroxylation is 2. The zero-order valence-corrected chi connectivity index (χ0v) is 17.2. The number of piperazine rings is 1. The number of furan rings is 1. The van der Waals surface area contributed by atoms with Gasteiger partial charge in [0.1, 0.15) is 23.0 Å². The van der Waals surface area contributed by atoms with Crippen molar-refractivity contribution in [2.24, 2.45) is 0 Å². The molecule has 5 rings (SSSR count). The predicted molar refractivity (Wildman–Crippen MR) is 107 cm³/mol. The van der Waals surface area contributed by atoms with Gasteiger partial charge in [0.2, 0.25) is 0 Å². The molecule has 1 spiro atoms. The molecule has 5 heterocycles. The van der Waals surface area contributed by atoms with E-state index in [1.807, 2.05) is 19.9 Å². The van der Waals surface area contributed by atoms with Crippen LogP contribution in [0.5, 0.6) is 0 Å². The maximum absolute atomic E-state index is 12.9. The summed E-state index contributed by atoms with van der Waals surface area (Å²) in [5.74, 6) is 2.55. The van der Waals surface area contributed by atoms with E-state index in [-0.39, 0.29) is 18.0 Å². The molecule has 0 saturated carbocycles. The Morgan fingerprint density at radius 1 is 1.13 bits per heavy atom. The fourth-order valence-electron chi connectivity index (χ4n) is 4.81. The van der Waals surface area contributed by atoms with Crippen LogP contribution < -0.4 is 4.90 Å². The monoisotopic (exact) mass is 411 g/mol. The molecule has 30 heavy (non-hydrogen) atoms. The second kappa shape index (κ2) is 7.00.